The highest BCUT2D eigenvalue weighted by atomic mass is 79.9. The second-order valence-electron chi connectivity index (χ2n) is 4.33. The molecule has 0 aliphatic carbocycles. The second-order valence-corrected chi connectivity index (χ2v) is 6.41. The van der Waals surface area contributed by atoms with E-state index in [0.717, 1.165) is 31.1 Å². The first-order chi connectivity index (χ1) is 9.16. The minimum atomic E-state index is -0.353. The molecule has 0 bridgehead atoms. The van der Waals surface area contributed by atoms with Gasteiger partial charge in [0, 0.05) is 42.2 Å². The Morgan fingerprint density at radius 1 is 1.42 bits per heavy atom. The van der Waals surface area contributed by atoms with Crippen LogP contribution >= 0.6 is 27.7 Å². The zero-order chi connectivity index (χ0) is 13.7. The van der Waals surface area contributed by atoms with Crippen LogP contribution in [-0.2, 0) is 0 Å². The van der Waals surface area contributed by atoms with E-state index >= 15 is 0 Å². The van der Waals surface area contributed by atoms with Gasteiger partial charge in [-0.05, 0) is 34.1 Å². The molecule has 1 fully saturated rings. The molecule has 2 rings (SSSR count). The third-order valence-electron chi connectivity index (χ3n) is 2.99. The van der Waals surface area contributed by atoms with Crippen molar-refractivity contribution in [2.45, 2.75) is 0 Å². The molecule has 0 atom stereocenters. The number of nitrogens with zero attached hydrogens (tertiary/aromatic N) is 1. The van der Waals surface area contributed by atoms with Gasteiger partial charge >= 0.3 is 0 Å². The highest BCUT2D eigenvalue weighted by Gasteiger charge is 2.12. The number of amides is 1. The van der Waals surface area contributed by atoms with E-state index in [1.54, 1.807) is 0 Å². The van der Waals surface area contributed by atoms with E-state index in [1.165, 1.54) is 18.2 Å². The monoisotopic (exact) mass is 346 g/mol. The lowest BCUT2D eigenvalue weighted by Gasteiger charge is -2.26. The lowest BCUT2D eigenvalue weighted by molar-refractivity contribution is 0.0948. The van der Waals surface area contributed by atoms with Crippen molar-refractivity contribution in [2.24, 2.45) is 0 Å². The SMILES string of the molecule is O=C(NCCN1CCSCC1)c1ccc(F)cc1Br. The maximum Gasteiger partial charge on any atom is 0.252 e. The molecule has 0 spiro atoms. The third kappa shape index (κ3) is 4.47. The van der Waals surface area contributed by atoms with Crippen LogP contribution in [0.25, 0.3) is 0 Å². The molecule has 3 nitrogen and oxygen atoms in total. The molecule has 1 aliphatic rings. The van der Waals surface area contributed by atoms with Crippen molar-refractivity contribution in [1.82, 2.24) is 10.2 Å². The highest BCUT2D eigenvalue weighted by molar-refractivity contribution is 9.10. The quantitative estimate of drug-likeness (QED) is 0.908. The second kappa shape index (κ2) is 7.26. The molecule has 0 radical (unpaired) electrons. The van der Waals surface area contributed by atoms with E-state index in [4.69, 9.17) is 0 Å². The molecule has 1 aliphatic heterocycles. The molecule has 1 saturated heterocycles. The Bertz CT molecular complexity index is 452. The number of hydrogen-bond donors (Lipinski definition) is 1. The first kappa shape index (κ1) is 14.8. The number of nitrogens with one attached hydrogen (secondary N) is 1. The Morgan fingerprint density at radius 3 is 2.84 bits per heavy atom. The number of rotatable bonds is 4. The van der Waals surface area contributed by atoms with E-state index < -0.39 is 0 Å². The van der Waals surface area contributed by atoms with Crippen molar-refractivity contribution in [3.8, 4) is 0 Å². The summed E-state index contributed by atoms with van der Waals surface area (Å²) in [7, 11) is 0. The van der Waals surface area contributed by atoms with Gasteiger partial charge in [-0.1, -0.05) is 0 Å². The van der Waals surface area contributed by atoms with E-state index in [2.05, 4.69) is 26.1 Å². The van der Waals surface area contributed by atoms with E-state index in [0.29, 0.717) is 16.6 Å². The van der Waals surface area contributed by atoms with E-state index in [1.807, 2.05) is 11.8 Å². The summed E-state index contributed by atoms with van der Waals surface area (Å²) in [6.07, 6.45) is 0. The number of halogens is 2. The molecule has 0 unspecified atom stereocenters. The summed E-state index contributed by atoms with van der Waals surface area (Å²) in [5.74, 6) is 1.81. The molecule has 104 valence electrons. The molecule has 1 heterocycles. The van der Waals surface area contributed by atoms with E-state index in [-0.39, 0.29) is 11.7 Å². The largest absolute Gasteiger partial charge is 0.351 e. The van der Waals surface area contributed by atoms with Gasteiger partial charge in [0.2, 0.25) is 0 Å². The maximum absolute atomic E-state index is 12.9. The van der Waals surface area contributed by atoms with Gasteiger partial charge in [0.05, 0.1) is 5.56 Å². The van der Waals surface area contributed by atoms with Crippen LogP contribution in [-0.4, -0.2) is 48.5 Å². The van der Waals surface area contributed by atoms with Gasteiger partial charge < -0.3 is 5.32 Å². The predicted molar refractivity (Wildman–Crippen MR) is 80.2 cm³/mol. The van der Waals surface area contributed by atoms with Gasteiger partial charge in [-0.3, -0.25) is 9.69 Å². The molecule has 1 N–H and O–H groups in total. The first-order valence-electron chi connectivity index (χ1n) is 6.20. The van der Waals surface area contributed by atoms with Crippen molar-refractivity contribution in [2.75, 3.05) is 37.7 Å². The molecule has 0 saturated carbocycles. The van der Waals surface area contributed by atoms with Crippen LogP contribution in [0.2, 0.25) is 0 Å². The van der Waals surface area contributed by atoms with Gasteiger partial charge in [0.1, 0.15) is 5.82 Å². The van der Waals surface area contributed by atoms with Crippen LogP contribution in [0, 0.1) is 5.82 Å². The number of carbonyl (C=O) groups excluding carboxylic acids is 1. The molecule has 0 aromatic heterocycles. The molecule has 1 aromatic carbocycles. The van der Waals surface area contributed by atoms with Gasteiger partial charge in [-0.2, -0.15) is 11.8 Å². The summed E-state index contributed by atoms with van der Waals surface area (Å²) in [5, 5.41) is 2.87. The standard InChI is InChI=1S/C13H16BrFN2OS/c14-12-9-10(15)1-2-11(12)13(18)16-3-4-17-5-7-19-8-6-17/h1-2,9H,3-8H2,(H,16,18). The fourth-order valence-corrected chi connectivity index (χ4v) is 3.43. The summed E-state index contributed by atoms with van der Waals surface area (Å²) >= 11 is 5.17. The molecular formula is C13H16BrFN2OS. The summed E-state index contributed by atoms with van der Waals surface area (Å²) in [6.45, 7) is 3.65. The normalized spacial score (nSPS) is 16.3. The summed E-state index contributed by atoms with van der Waals surface area (Å²) < 4.78 is 13.4. The highest BCUT2D eigenvalue weighted by Crippen LogP contribution is 2.17. The Labute approximate surface area is 125 Å². The van der Waals surface area contributed by atoms with Crippen molar-refractivity contribution in [3.05, 3.63) is 34.1 Å². The third-order valence-corrected chi connectivity index (χ3v) is 4.59. The van der Waals surface area contributed by atoms with Gasteiger partial charge in [-0.15, -0.1) is 0 Å². The minimum absolute atomic E-state index is 0.168. The zero-order valence-corrected chi connectivity index (χ0v) is 12.9. The molecule has 19 heavy (non-hydrogen) atoms. The molecule has 6 heteroatoms. The number of benzene rings is 1. The van der Waals surface area contributed by atoms with Gasteiger partial charge in [0.25, 0.3) is 5.91 Å². The zero-order valence-electron chi connectivity index (χ0n) is 10.5. The molecular weight excluding hydrogens is 331 g/mol. The fourth-order valence-electron chi connectivity index (χ4n) is 1.92. The first-order valence-corrected chi connectivity index (χ1v) is 8.15. The van der Waals surface area contributed by atoms with Crippen molar-refractivity contribution in [1.29, 1.82) is 0 Å². The average molecular weight is 347 g/mol. The summed E-state index contributed by atoms with van der Waals surface area (Å²) in [5.41, 5.74) is 0.468. The number of hydrogen-bond acceptors (Lipinski definition) is 3. The van der Waals surface area contributed by atoms with Crippen LogP contribution in [0.3, 0.4) is 0 Å². The van der Waals surface area contributed by atoms with Crippen molar-refractivity contribution >= 4 is 33.6 Å². The van der Waals surface area contributed by atoms with Crippen LogP contribution in [0.15, 0.2) is 22.7 Å². The molecule has 1 aromatic rings. The van der Waals surface area contributed by atoms with Gasteiger partial charge in [0.15, 0.2) is 0 Å². The Morgan fingerprint density at radius 2 is 2.16 bits per heavy atom. The Kier molecular flexibility index (Phi) is 5.66. The summed E-state index contributed by atoms with van der Waals surface area (Å²) in [6, 6.07) is 4.09. The topological polar surface area (TPSA) is 32.3 Å². The Hall–Kier alpha value is -0.590. The molecule has 1 amide bonds. The van der Waals surface area contributed by atoms with Crippen molar-refractivity contribution in [3.63, 3.8) is 0 Å². The van der Waals surface area contributed by atoms with Crippen LogP contribution in [0.4, 0.5) is 4.39 Å². The van der Waals surface area contributed by atoms with Crippen LogP contribution in [0.5, 0.6) is 0 Å². The van der Waals surface area contributed by atoms with Crippen molar-refractivity contribution < 1.29 is 9.18 Å². The Balaban J connectivity index is 1.80. The van der Waals surface area contributed by atoms with Crippen LogP contribution < -0.4 is 5.32 Å². The smallest absolute Gasteiger partial charge is 0.252 e. The van der Waals surface area contributed by atoms with Crippen LogP contribution in [0.1, 0.15) is 10.4 Å². The average Bonchev–Trinajstić information content (AvgIpc) is 2.39. The minimum Gasteiger partial charge on any atom is -0.351 e. The predicted octanol–water partition coefficient (Wildman–Crippen LogP) is 2.37. The fraction of sp³-hybridized carbons (Fsp3) is 0.462. The van der Waals surface area contributed by atoms with Gasteiger partial charge in [-0.25, -0.2) is 4.39 Å². The lowest BCUT2D eigenvalue weighted by atomic mass is 10.2. The number of thioether (sulfide) groups is 1. The lowest BCUT2D eigenvalue weighted by Crippen LogP contribution is -2.39. The van der Waals surface area contributed by atoms with E-state index in [9.17, 15) is 9.18 Å². The maximum atomic E-state index is 12.9. The summed E-state index contributed by atoms with van der Waals surface area (Å²) in [4.78, 5) is 14.3. The number of carbonyl (C=O) groups is 1.